The quantitative estimate of drug-likeness (QED) is 0.606. The Morgan fingerprint density at radius 2 is 2.10 bits per heavy atom. The molecule has 0 unspecified atom stereocenters. The summed E-state index contributed by atoms with van der Waals surface area (Å²) < 4.78 is 0.274. The number of halogens is 1. The van der Waals surface area contributed by atoms with E-state index in [1.54, 1.807) is 17.0 Å². The highest BCUT2D eigenvalue weighted by Gasteiger charge is 2.26. The van der Waals surface area contributed by atoms with Gasteiger partial charge in [0.1, 0.15) is 4.47 Å². The number of likely N-dealkylation sites (tertiary alicyclic amines) is 1. The van der Waals surface area contributed by atoms with Gasteiger partial charge in [-0.2, -0.15) is 0 Å². The predicted molar refractivity (Wildman–Crippen MR) is 84.3 cm³/mol. The van der Waals surface area contributed by atoms with Crippen LogP contribution in [0.3, 0.4) is 0 Å². The molecular weight excluding hydrogens is 336 g/mol. The molecule has 0 aliphatic carbocycles. The van der Waals surface area contributed by atoms with Gasteiger partial charge in [-0.3, -0.25) is 14.9 Å². The first-order chi connectivity index (χ1) is 10.0. The first kappa shape index (κ1) is 15.9. The van der Waals surface area contributed by atoms with Gasteiger partial charge in [0.15, 0.2) is 0 Å². The van der Waals surface area contributed by atoms with Gasteiger partial charge in [-0.25, -0.2) is 0 Å². The largest absolute Gasteiger partial charge is 0.339 e. The fraction of sp³-hybridized carbons (Fsp3) is 0.533. The Hall–Kier alpha value is -1.43. The van der Waals surface area contributed by atoms with E-state index in [-0.39, 0.29) is 16.1 Å². The molecule has 0 spiro atoms. The summed E-state index contributed by atoms with van der Waals surface area (Å²) in [7, 11) is 0. The van der Waals surface area contributed by atoms with Crippen LogP contribution in [0.1, 0.15) is 43.0 Å². The van der Waals surface area contributed by atoms with Crippen molar-refractivity contribution in [3.05, 3.63) is 38.3 Å². The molecule has 6 heteroatoms. The van der Waals surface area contributed by atoms with Crippen LogP contribution < -0.4 is 0 Å². The number of nitro groups is 1. The molecule has 0 N–H and O–H groups in total. The normalized spacial score (nSPS) is 16.0. The summed E-state index contributed by atoms with van der Waals surface area (Å²) >= 11 is 3.20. The second-order valence-electron chi connectivity index (χ2n) is 5.42. The molecule has 114 valence electrons. The first-order valence-electron chi connectivity index (χ1n) is 7.26. The molecule has 1 aromatic carbocycles. The topological polar surface area (TPSA) is 63.5 Å². The molecule has 0 radical (unpaired) electrons. The first-order valence-corrected chi connectivity index (χ1v) is 8.06. The maximum atomic E-state index is 12.5. The van der Waals surface area contributed by atoms with Crippen molar-refractivity contribution < 1.29 is 9.72 Å². The van der Waals surface area contributed by atoms with E-state index in [0.717, 1.165) is 25.9 Å². The van der Waals surface area contributed by atoms with Crippen molar-refractivity contribution in [2.24, 2.45) is 5.92 Å². The average Bonchev–Trinajstić information content (AvgIpc) is 2.47. The standard InChI is InChI=1S/C15H19BrN2O3/c1-2-4-11-7-9-17(10-8-11)15(19)12-5-3-6-13(14(12)16)18(20)21/h3,5-6,11H,2,4,7-10H2,1H3. The molecule has 21 heavy (non-hydrogen) atoms. The number of hydrogen-bond acceptors (Lipinski definition) is 3. The van der Waals surface area contributed by atoms with Crippen LogP contribution in [0.2, 0.25) is 0 Å². The highest BCUT2D eigenvalue weighted by molar-refractivity contribution is 9.10. The maximum absolute atomic E-state index is 12.5. The molecule has 1 aliphatic heterocycles. The van der Waals surface area contributed by atoms with Crippen molar-refractivity contribution in [3.63, 3.8) is 0 Å². The number of amides is 1. The maximum Gasteiger partial charge on any atom is 0.284 e. The van der Waals surface area contributed by atoms with Crippen LogP contribution in [-0.2, 0) is 0 Å². The van der Waals surface area contributed by atoms with Crippen LogP contribution in [0.15, 0.2) is 22.7 Å². The third kappa shape index (κ3) is 3.61. The lowest BCUT2D eigenvalue weighted by atomic mass is 9.92. The fourth-order valence-electron chi connectivity index (χ4n) is 2.83. The molecule has 5 nitrogen and oxygen atoms in total. The summed E-state index contributed by atoms with van der Waals surface area (Å²) in [5.74, 6) is 0.577. The summed E-state index contributed by atoms with van der Waals surface area (Å²) in [6.45, 7) is 3.65. The van der Waals surface area contributed by atoms with Crippen molar-refractivity contribution in [2.45, 2.75) is 32.6 Å². The number of nitro benzene ring substituents is 1. The molecule has 1 heterocycles. The number of hydrogen-bond donors (Lipinski definition) is 0. The van der Waals surface area contributed by atoms with E-state index in [4.69, 9.17) is 0 Å². The smallest absolute Gasteiger partial charge is 0.284 e. The van der Waals surface area contributed by atoms with E-state index < -0.39 is 4.92 Å². The Kier molecular flexibility index (Phi) is 5.33. The molecule has 0 bridgehead atoms. The van der Waals surface area contributed by atoms with Gasteiger partial charge in [-0.1, -0.05) is 25.8 Å². The van der Waals surface area contributed by atoms with Crippen molar-refractivity contribution in [1.29, 1.82) is 0 Å². The summed E-state index contributed by atoms with van der Waals surface area (Å²) in [6, 6.07) is 4.59. The van der Waals surface area contributed by atoms with Gasteiger partial charge in [0, 0.05) is 19.2 Å². The predicted octanol–water partition coefficient (Wildman–Crippen LogP) is 4.01. The van der Waals surface area contributed by atoms with Crippen molar-refractivity contribution >= 4 is 27.5 Å². The molecule has 2 rings (SSSR count). The fourth-order valence-corrected chi connectivity index (χ4v) is 3.41. The molecule has 1 amide bonds. The summed E-state index contributed by atoms with van der Waals surface area (Å²) in [4.78, 5) is 24.8. The number of carbonyl (C=O) groups excluding carboxylic acids is 1. The lowest BCUT2D eigenvalue weighted by molar-refractivity contribution is -0.385. The minimum absolute atomic E-state index is 0.0679. The third-order valence-corrected chi connectivity index (χ3v) is 4.84. The number of benzene rings is 1. The van der Waals surface area contributed by atoms with Gasteiger partial charge < -0.3 is 4.90 Å². The second-order valence-corrected chi connectivity index (χ2v) is 6.21. The molecular formula is C15H19BrN2O3. The van der Waals surface area contributed by atoms with Gasteiger partial charge >= 0.3 is 0 Å². The van der Waals surface area contributed by atoms with Crippen LogP contribution in [0, 0.1) is 16.0 Å². The molecule has 1 fully saturated rings. The van der Waals surface area contributed by atoms with Gasteiger partial charge in [-0.05, 0) is 40.8 Å². The summed E-state index contributed by atoms with van der Waals surface area (Å²) in [5.41, 5.74) is 0.305. The Morgan fingerprint density at radius 3 is 2.67 bits per heavy atom. The van der Waals surface area contributed by atoms with Gasteiger partial charge in [0.25, 0.3) is 11.6 Å². The third-order valence-electron chi connectivity index (χ3n) is 4.00. The van der Waals surface area contributed by atoms with Crippen LogP contribution in [-0.4, -0.2) is 28.8 Å². The molecule has 1 saturated heterocycles. The van der Waals surface area contributed by atoms with Gasteiger partial charge in [0.2, 0.25) is 0 Å². The van der Waals surface area contributed by atoms with Crippen LogP contribution >= 0.6 is 15.9 Å². The van der Waals surface area contributed by atoms with Crippen molar-refractivity contribution in [3.8, 4) is 0 Å². The van der Waals surface area contributed by atoms with Crippen LogP contribution in [0.25, 0.3) is 0 Å². The monoisotopic (exact) mass is 354 g/mol. The van der Waals surface area contributed by atoms with E-state index in [0.29, 0.717) is 11.5 Å². The SMILES string of the molecule is CCCC1CCN(C(=O)c2cccc([N+](=O)[O-])c2Br)CC1. The van der Waals surface area contributed by atoms with Crippen LogP contribution in [0.5, 0.6) is 0 Å². The van der Waals surface area contributed by atoms with E-state index in [2.05, 4.69) is 22.9 Å². The van der Waals surface area contributed by atoms with Crippen molar-refractivity contribution in [2.75, 3.05) is 13.1 Å². The zero-order valence-corrected chi connectivity index (χ0v) is 13.6. The number of piperidine rings is 1. The van der Waals surface area contributed by atoms with Crippen LogP contribution in [0.4, 0.5) is 5.69 Å². The molecule has 0 aromatic heterocycles. The van der Waals surface area contributed by atoms with E-state index in [9.17, 15) is 14.9 Å². The molecule has 0 atom stereocenters. The Bertz CT molecular complexity index is 540. The van der Waals surface area contributed by atoms with Gasteiger partial charge in [0.05, 0.1) is 10.5 Å². The minimum atomic E-state index is -0.478. The molecule has 1 aliphatic rings. The Labute approximate surface area is 132 Å². The lowest BCUT2D eigenvalue weighted by Gasteiger charge is -2.32. The number of rotatable bonds is 4. The number of nitrogens with zero attached hydrogens (tertiary/aromatic N) is 2. The number of carbonyl (C=O) groups is 1. The highest BCUT2D eigenvalue weighted by Crippen LogP contribution is 2.30. The Balaban J connectivity index is 2.11. The Morgan fingerprint density at radius 1 is 1.43 bits per heavy atom. The molecule has 0 saturated carbocycles. The van der Waals surface area contributed by atoms with E-state index in [1.807, 2.05) is 0 Å². The van der Waals surface area contributed by atoms with Gasteiger partial charge in [-0.15, -0.1) is 0 Å². The minimum Gasteiger partial charge on any atom is -0.339 e. The lowest BCUT2D eigenvalue weighted by Crippen LogP contribution is -2.38. The zero-order valence-electron chi connectivity index (χ0n) is 12.0. The van der Waals surface area contributed by atoms with E-state index >= 15 is 0 Å². The van der Waals surface area contributed by atoms with E-state index in [1.165, 1.54) is 18.9 Å². The molecule has 1 aromatic rings. The summed E-state index contributed by atoms with van der Waals surface area (Å²) in [5, 5.41) is 10.9. The zero-order chi connectivity index (χ0) is 15.4. The second kappa shape index (κ2) is 7.02. The van der Waals surface area contributed by atoms with Crippen molar-refractivity contribution in [1.82, 2.24) is 4.90 Å². The summed E-state index contributed by atoms with van der Waals surface area (Å²) in [6.07, 6.45) is 4.43. The highest BCUT2D eigenvalue weighted by atomic mass is 79.9. The average molecular weight is 355 g/mol.